The molecular weight excluding hydrogens is 232 g/mol. The van der Waals surface area contributed by atoms with Crippen LogP contribution in [0.5, 0.6) is 5.75 Å². The number of nitrogens with one attached hydrogen (secondary N) is 1. The van der Waals surface area contributed by atoms with Gasteiger partial charge in [-0.05, 0) is 30.5 Å². The fourth-order valence-corrected chi connectivity index (χ4v) is 1.51. The van der Waals surface area contributed by atoms with Gasteiger partial charge in [0.05, 0.1) is 6.04 Å². The third-order valence-electron chi connectivity index (χ3n) is 2.60. The molecule has 1 amide bonds. The number of aromatic hydroxyl groups is 1. The zero-order valence-corrected chi connectivity index (χ0v) is 10.6. The molecule has 1 aromatic rings. The summed E-state index contributed by atoms with van der Waals surface area (Å²) in [6, 6.07) is 6.18. The number of rotatable bonds is 7. The van der Waals surface area contributed by atoms with Gasteiger partial charge in [-0.3, -0.25) is 4.79 Å². The van der Waals surface area contributed by atoms with Crippen LogP contribution in [-0.2, 0) is 16.1 Å². The molecule has 0 aromatic heterocycles. The molecule has 5 heteroatoms. The second-order valence-electron chi connectivity index (χ2n) is 4.13. The van der Waals surface area contributed by atoms with Gasteiger partial charge in [-0.25, -0.2) is 0 Å². The van der Waals surface area contributed by atoms with Crippen LogP contribution in [0.25, 0.3) is 0 Å². The van der Waals surface area contributed by atoms with E-state index in [-0.39, 0.29) is 11.7 Å². The molecule has 1 unspecified atom stereocenters. The molecule has 0 saturated carbocycles. The highest BCUT2D eigenvalue weighted by molar-refractivity contribution is 5.81. The van der Waals surface area contributed by atoms with Crippen LogP contribution in [0.1, 0.15) is 18.4 Å². The highest BCUT2D eigenvalue weighted by Crippen LogP contribution is 2.09. The Kier molecular flexibility index (Phi) is 6.18. The van der Waals surface area contributed by atoms with E-state index in [1.54, 1.807) is 31.4 Å². The average Bonchev–Trinajstić information content (AvgIpc) is 2.38. The van der Waals surface area contributed by atoms with Gasteiger partial charge in [0, 0.05) is 20.3 Å². The minimum absolute atomic E-state index is 0.167. The summed E-state index contributed by atoms with van der Waals surface area (Å²) >= 11 is 0. The third-order valence-corrected chi connectivity index (χ3v) is 2.60. The van der Waals surface area contributed by atoms with Crippen LogP contribution in [0.15, 0.2) is 24.3 Å². The number of phenolic OH excluding ortho intramolecular Hbond substituents is 1. The van der Waals surface area contributed by atoms with Crippen molar-refractivity contribution in [3.63, 3.8) is 0 Å². The van der Waals surface area contributed by atoms with E-state index in [0.717, 1.165) is 12.0 Å². The van der Waals surface area contributed by atoms with Crippen molar-refractivity contribution in [3.8, 4) is 5.75 Å². The van der Waals surface area contributed by atoms with Crippen LogP contribution in [0.3, 0.4) is 0 Å². The minimum atomic E-state index is -0.503. The SMILES string of the molecule is COCCCC(N)C(=O)NCc1ccc(O)cc1. The molecule has 0 heterocycles. The number of benzene rings is 1. The second kappa shape index (κ2) is 7.68. The minimum Gasteiger partial charge on any atom is -0.508 e. The van der Waals surface area contributed by atoms with Gasteiger partial charge in [-0.15, -0.1) is 0 Å². The molecule has 5 nitrogen and oxygen atoms in total. The molecule has 0 saturated heterocycles. The quantitative estimate of drug-likeness (QED) is 0.626. The van der Waals surface area contributed by atoms with Gasteiger partial charge in [0.25, 0.3) is 0 Å². The third kappa shape index (κ3) is 5.16. The second-order valence-corrected chi connectivity index (χ2v) is 4.13. The van der Waals surface area contributed by atoms with Crippen LogP contribution in [0.2, 0.25) is 0 Å². The molecular formula is C13H20N2O3. The molecule has 0 radical (unpaired) electrons. The van der Waals surface area contributed by atoms with Gasteiger partial charge in [-0.2, -0.15) is 0 Å². The fourth-order valence-electron chi connectivity index (χ4n) is 1.51. The number of carbonyl (C=O) groups is 1. The molecule has 4 N–H and O–H groups in total. The van der Waals surface area contributed by atoms with Gasteiger partial charge in [0.2, 0.25) is 5.91 Å². The average molecular weight is 252 g/mol. The molecule has 0 aliphatic heterocycles. The first-order valence-electron chi connectivity index (χ1n) is 5.93. The Hall–Kier alpha value is -1.59. The van der Waals surface area contributed by atoms with E-state index in [0.29, 0.717) is 19.6 Å². The zero-order valence-electron chi connectivity index (χ0n) is 10.6. The predicted octanol–water partition coefficient (Wildman–Crippen LogP) is 0.762. The standard InChI is InChI=1S/C13H20N2O3/c1-18-8-2-3-12(14)13(17)15-9-10-4-6-11(16)7-5-10/h4-7,12,16H,2-3,8-9,14H2,1H3,(H,15,17). The Morgan fingerprint density at radius 2 is 2.11 bits per heavy atom. The van der Waals surface area contributed by atoms with Gasteiger partial charge < -0.3 is 20.9 Å². The van der Waals surface area contributed by atoms with Crippen LogP contribution in [0.4, 0.5) is 0 Å². The first kappa shape index (κ1) is 14.5. The summed E-state index contributed by atoms with van der Waals surface area (Å²) in [4.78, 5) is 11.7. The van der Waals surface area contributed by atoms with Gasteiger partial charge >= 0.3 is 0 Å². The van der Waals surface area contributed by atoms with Crippen molar-refractivity contribution in [2.45, 2.75) is 25.4 Å². The number of hydrogen-bond acceptors (Lipinski definition) is 4. The molecule has 18 heavy (non-hydrogen) atoms. The topological polar surface area (TPSA) is 84.6 Å². The number of carbonyl (C=O) groups excluding carboxylic acids is 1. The van der Waals surface area contributed by atoms with Crippen LogP contribution < -0.4 is 11.1 Å². The molecule has 0 fully saturated rings. The maximum absolute atomic E-state index is 11.7. The molecule has 100 valence electrons. The molecule has 0 spiro atoms. The number of nitrogens with two attached hydrogens (primary N) is 1. The van der Waals surface area contributed by atoms with Gasteiger partial charge in [0.15, 0.2) is 0 Å². The summed E-state index contributed by atoms with van der Waals surface area (Å²) in [5.74, 6) is 0.0421. The molecule has 1 aromatic carbocycles. The Labute approximate surface area is 107 Å². The summed E-state index contributed by atoms with van der Waals surface area (Å²) in [6.45, 7) is 1.02. The van der Waals surface area contributed by atoms with Crippen molar-refractivity contribution in [2.24, 2.45) is 5.73 Å². The summed E-state index contributed by atoms with van der Waals surface area (Å²) in [7, 11) is 1.62. The first-order valence-corrected chi connectivity index (χ1v) is 5.93. The van der Waals surface area contributed by atoms with Crippen molar-refractivity contribution < 1.29 is 14.6 Å². The van der Waals surface area contributed by atoms with Crippen LogP contribution in [0, 0.1) is 0 Å². The van der Waals surface area contributed by atoms with E-state index < -0.39 is 6.04 Å². The number of ether oxygens (including phenoxy) is 1. The lowest BCUT2D eigenvalue weighted by Gasteiger charge is -2.12. The molecule has 0 aliphatic carbocycles. The fraction of sp³-hybridized carbons (Fsp3) is 0.462. The number of hydrogen-bond donors (Lipinski definition) is 3. The van der Waals surface area contributed by atoms with Crippen molar-refractivity contribution in [1.82, 2.24) is 5.32 Å². The smallest absolute Gasteiger partial charge is 0.237 e. The van der Waals surface area contributed by atoms with Crippen molar-refractivity contribution in [1.29, 1.82) is 0 Å². The highest BCUT2D eigenvalue weighted by Gasteiger charge is 2.12. The molecule has 0 bridgehead atoms. The number of amides is 1. The van der Waals surface area contributed by atoms with E-state index in [1.165, 1.54) is 0 Å². The number of methoxy groups -OCH3 is 1. The molecule has 1 atom stereocenters. The first-order chi connectivity index (χ1) is 8.63. The van der Waals surface area contributed by atoms with E-state index in [4.69, 9.17) is 15.6 Å². The maximum Gasteiger partial charge on any atom is 0.237 e. The summed E-state index contributed by atoms with van der Waals surface area (Å²) in [5.41, 5.74) is 6.66. The Bertz CT molecular complexity index is 365. The zero-order chi connectivity index (χ0) is 13.4. The van der Waals surface area contributed by atoms with Gasteiger partial charge in [0.1, 0.15) is 5.75 Å². The Morgan fingerprint density at radius 3 is 2.72 bits per heavy atom. The summed E-state index contributed by atoms with van der Waals surface area (Å²) in [5, 5.41) is 11.9. The van der Waals surface area contributed by atoms with E-state index in [1.807, 2.05) is 0 Å². The lowest BCUT2D eigenvalue weighted by atomic mass is 10.1. The lowest BCUT2D eigenvalue weighted by molar-refractivity contribution is -0.122. The highest BCUT2D eigenvalue weighted by atomic mass is 16.5. The van der Waals surface area contributed by atoms with Crippen molar-refractivity contribution >= 4 is 5.91 Å². The summed E-state index contributed by atoms with van der Waals surface area (Å²) in [6.07, 6.45) is 1.37. The van der Waals surface area contributed by atoms with Gasteiger partial charge in [-0.1, -0.05) is 12.1 Å². The van der Waals surface area contributed by atoms with E-state index >= 15 is 0 Å². The van der Waals surface area contributed by atoms with E-state index in [2.05, 4.69) is 5.32 Å². The Balaban J connectivity index is 2.29. The largest absolute Gasteiger partial charge is 0.508 e. The van der Waals surface area contributed by atoms with Crippen molar-refractivity contribution in [2.75, 3.05) is 13.7 Å². The van der Waals surface area contributed by atoms with E-state index in [9.17, 15) is 4.79 Å². The molecule has 0 aliphatic rings. The lowest BCUT2D eigenvalue weighted by Crippen LogP contribution is -2.40. The maximum atomic E-state index is 11.7. The molecule has 1 rings (SSSR count). The normalized spacial score (nSPS) is 12.1. The van der Waals surface area contributed by atoms with Crippen LogP contribution in [-0.4, -0.2) is 30.8 Å². The van der Waals surface area contributed by atoms with Crippen LogP contribution >= 0.6 is 0 Å². The monoisotopic (exact) mass is 252 g/mol. The summed E-state index contributed by atoms with van der Waals surface area (Å²) < 4.78 is 4.90. The number of phenols is 1. The Morgan fingerprint density at radius 1 is 1.44 bits per heavy atom. The van der Waals surface area contributed by atoms with Crippen molar-refractivity contribution in [3.05, 3.63) is 29.8 Å². The predicted molar refractivity (Wildman–Crippen MR) is 69.0 cm³/mol.